The lowest BCUT2D eigenvalue weighted by molar-refractivity contribution is -0.110. The first-order valence-electron chi connectivity index (χ1n) is 5.53. The van der Waals surface area contributed by atoms with Crippen LogP contribution >= 0.6 is 22.9 Å². The number of fused-ring (bicyclic) bond motifs is 1. The molecule has 1 aromatic carbocycles. The number of halogens is 1. The fourth-order valence-corrected chi connectivity index (χ4v) is 2.98. The summed E-state index contributed by atoms with van der Waals surface area (Å²) in [6.07, 6.45) is 1.92. The van der Waals surface area contributed by atoms with E-state index < -0.39 is 0 Å². The normalized spacial score (nSPS) is 15.9. The van der Waals surface area contributed by atoms with Gasteiger partial charge in [-0.15, -0.1) is 11.3 Å². The Labute approximate surface area is 114 Å². The molecule has 1 N–H and O–H groups in total. The van der Waals surface area contributed by atoms with Crippen LogP contribution in [0.4, 0.5) is 5.69 Å². The van der Waals surface area contributed by atoms with Crippen molar-refractivity contribution in [3.05, 3.63) is 50.7 Å². The van der Waals surface area contributed by atoms with Crippen molar-refractivity contribution >= 4 is 46.2 Å². The lowest BCUT2D eigenvalue weighted by Crippen LogP contribution is -2.03. The summed E-state index contributed by atoms with van der Waals surface area (Å²) in [6, 6.07) is 9.52. The van der Waals surface area contributed by atoms with Crippen molar-refractivity contribution in [3.8, 4) is 0 Å². The quantitative estimate of drug-likeness (QED) is 0.777. The number of carbonyl (C=O) groups excluding carboxylic acids is 1. The van der Waals surface area contributed by atoms with Gasteiger partial charge in [0.15, 0.2) is 0 Å². The van der Waals surface area contributed by atoms with Crippen molar-refractivity contribution in [1.29, 1.82) is 0 Å². The van der Waals surface area contributed by atoms with Gasteiger partial charge >= 0.3 is 0 Å². The van der Waals surface area contributed by atoms with Crippen LogP contribution < -0.4 is 5.32 Å². The Morgan fingerprint density at radius 2 is 2.11 bits per heavy atom. The van der Waals surface area contributed by atoms with Crippen LogP contribution in [0.1, 0.15) is 15.3 Å². The van der Waals surface area contributed by atoms with E-state index in [0.29, 0.717) is 10.6 Å². The van der Waals surface area contributed by atoms with Crippen LogP contribution in [0.2, 0.25) is 5.02 Å². The van der Waals surface area contributed by atoms with Crippen molar-refractivity contribution in [2.75, 3.05) is 5.32 Å². The predicted octanol–water partition coefficient (Wildman–Crippen LogP) is 4.20. The van der Waals surface area contributed by atoms with Gasteiger partial charge in [-0.05, 0) is 37.3 Å². The Kier molecular flexibility index (Phi) is 2.73. The monoisotopic (exact) mass is 275 g/mol. The number of nitrogens with one attached hydrogen (secondary N) is 1. The summed E-state index contributed by atoms with van der Waals surface area (Å²) < 4.78 is 0. The fraction of sp³-hybridized carbons (Fsp3) is 0.0714. The zero-order chi connectivity index (χ0) is 12.7. The van der Waals surface area contributed by atoms with Crippen molar-refractivity contribution in [2.45, 2.75) is 6.92 Å². The summed E-state index contributed by atoms with van der Waals surface area (Å²) in [7, 11) is 0. The molecule has 2 aromatic rings. The molecule has 18 heavy (non-hydrogen) atoms. The summed E-state index contributed by atoms with van der Waals surface area (Å²) in [4.78, 5) is 14.3. The Morgan fingerprint density at radius 3 is 2.83 bits per heavy atom. The van der Waals surface area contributed by atoms with E-state index in [4.69, 9.17) is 11.6 Å². The van der Waals surface area contributed by atoms with Crippen LogP contribution in [-0.2, 0) is 4.79 Å². The Balaban J connectivity index is 2.09. The molecule has 0 fully saturated rings. The van der Waals surface area contributed by atoms with Gasteiger partial charge in [0.05, 0.1) is 11.3 Å². The second-order valence-electron chi connectivity index (χ2n) is 4.15. The molecule has 0 unspecified atom stereocenters. The van der Waals surface area contributed by atoms with Gasteiger partial charge in [0.2, 0.25) is 0 Å². The largest absolute Gasteiger partial charge is 0.321 e. The first kappa shape index (κ1) is 11.5. The van der Waals surface area contributed by atoms with Crippen LogP contribution in [0.15, 0.2) is 30.3 Å². The minimum Gasteiger partial charge on any atom is -0.321 e. The average Bonchev–Trinajstić information content (AvgIpc) is 2.84. The van der Waals surface area contributed by atoms with E-state index in [9.17, 15) is 4.79 Å². The second-order valence-corrected chi connectivity index (χ2v) is 5.91. The zero-order valence-electron chi connectivity index (χ0n) is 9.66. The van der Waals surface area contributed by atoms with Crippen molar-refractivity contribution in [1.82, 2.24) is 0 Å². The van der Waals surface area contributed by atoms with Crippen molar-refractivity contribution in [3.63, 3.8) is 0 Å². The van der Waals surface area contributed by atoms with Crippen LogP contribution in [0.5, 0.6) is 0 Å². The highest BCUT2D eigenvalue weighted by Gasteiger charge is 2.24. The van der Waals surface area contributed by atoms with E-state index in [1.807, 2.05) is 24.3 Å². The molecule has 0 saturated carbocycles. The minimum absolute atomic E-state index is 0.0710. The Bertz CT molecular complexity index is 672. The van der Waals surface area contributed by atoms with Crippen molar-refractivity contribution < 1.29 is 4.79 Å². The highest BCUT2D eigenvalue weighted by molar-refractivity contribution is 7.12. The second kappa shape index (κ2) is 4.26. The molecule has 0 spiro atoms. The molecule has 2 heterocycles. The number of carbonyl (C=O) groups is 1. The van der Waals surface area contributed by atoms with E-state index >= 15 is 0 Å². The molecule has 2 nitrogen and oxygen atoms in total. The number of thiophene rings is 1. The molecular weight excluding hydrogens is 266 g/mol. The highest BCUT2D eigenvalue weighted by Crippen LogP contribution is 2.35. The third-order valence-electron chi connectivity index (χ3n) is 2.81. The van der Waals surface area contributed by atoms with Gasteiger partial charge in [-0.1, -0.05) is 17.7 Å². The first-order valence-corrected chi connectivity index (χ1v) is 6.72. The third-order valence-corrected chi connectivity index (χ3v) is 4.00. The summed E-state index contributed by atoms with van der Waals surface area (Å²) in [5, 5.41) is 3.46. The SMILES string of the molecule is Cc1ccc(/C=C2/C(=O)Nc3cc(Cl)ccc32)s1. The molecule has 1 aromatic heterocycles. The number of aryl methyl sites for hydroxylation is 1. The molecule has 1 aliphatic heterocycles. The van der Waals surface area contributed by atoms with Gasteiger partial charge in [-0.25, -0.2) is 0 Å². The number of anilines is 1. The molecular formula is C14H10ClNOS. The number of rotatable bonds is 1. The Hall–Kier alpha value is -1.58. The Morgan fingerprint density at radius 1 is 1.28 bits per heavy atom. The maximum absolute atomic E-state index is 11.9. The fourth-order valence-electron chi connectivity index (χ4n) is 1.98. The van der Waals surface area contributed by atoms with Crippen LogP contribution in [-0.4, -0.2) is 5.91 Å². The maximum atomic E-state index is 11.9. The lowest BCUT2D eigenvalue weighted by Gasteiger charge is -1.98. The van der Waals surface area contributed by atoms with Gasteiger partial charge in [-0.2, -0.15) is 0 Å². The molecule has 0 bridgehead atoms. The van der Waals surface area contributed by atoms with Gasteiger partial charge in [0.25, 0.3) is 5.91 Å². The molecule has 0 saturated heterocycles. The summed E-state index contributed by atoms with van der Waals surface area (Å²) >= 11 is 7.59. The predicted molar refractivity (Wildman–Crippen MR) is 77.0 cm³/mol. The smallest absolute Gasteiger partial charge is 0.256 e. The molecule has 0 aliphatic carbocycles. The summed E-state index contributed by atoms with van der Waals surface area (Å²) in [5.41, 5.74) is 2.39. The summed E-state index contributed by atoms with van der Waals surface area (Å²) in [5.74, 6) is -0.0710. The van der Waals surface area contributed by atoms with E-state index in [1.54, 1.807) is 23.5 Å². The minimum atomic E-state index is -0.0710. The number of hydrogen-bond acceptors (Lipinski definition) is 2. The van der Waals surface area contributed by atoms with E-state index in [-0.39, 0.29) is 5.91 Å². The van der Waals surface area contributed by atoms with E-state index in [1.165, 1.54) is 4.88 Å². The molecule has 0 radical (unpaired) electrons. The molecule has 4 heteroatoms. The molecule has 0 atom stereocenters. The molecule has 3 rings (SSSR count). The first-order chi connectivity index (χ1) is 8.63. The maximum Gasteiger partial charge on any atom is 0.256 e. The third kappa shape index (κ3) is 1.96. The highest BCUT2D eigenvalue weighted by atomic mass is 35.5. The standard InChI is InChI=1S/C14H10ClNOS/c1-8-2-4-10(18-8)7-12-11-5-3-9(15)6-13(11)16-14(12)17/h2-7H,1H3,(H,16,17)/b12-7+. The van der Waals surface area contributed by atoms with Crippen LogP contribution in [0, 0.1) is 6.92 Å². The summed E-state index contributed by atoms with van der Waals surface area (Å²) in [6.45, 7) is 2.05. The van der Waals surface area contributed by atoms with E-state index in [2.05, 4.69) is 12.2 Å². The number of amides is 1. The van der Waals surface area contributed by atoms with Gasteiger partial charge in [-0.3, -0.25) is 4.79 Å². The topological polar surface area (TPSA) is 29.1 Å². The lowest BCUT2D eigenvalue weighted by atomic mass is 10.1. The van der Waals surface area contributed by atoms with E-state index in [0.717, 1.165) is 16.1 Å². The van der Waals surface area contributed by atoms with Crippen LogP contribution in [0.25, 0.3) is 11.6 Å². The molecule has 90 valence electrons. The average molecular weight is 276 g/mol. The van der Waals surface area contributed by atoms with Crippen LogP contribution in [0.3, 0.4) is 0 Å². The van der Waals surface area contributed by atoms with Gasteiger partial charge < -0.3 is 5.32 Å². The molecule has 1 amide bonds. The number of benzene rings is 1. The van der Waals surface area contributed by atoms with Gasteiger partial charge in [0.1, 0.15) is 0 Å². The molecule has 1 aliphatic rings. The van der Waals surface area contributed by atoms with Crippen molar-refractivity contribution in [2.24, 2.45) is 0 Å². The number of hydrogen-bond donors (Lipinski definition) is 1. The van der Waals surface area contributed by atoms with Gasteiger partial charge in [0, 0.05) is 20.3 Å². The zero-order valence-corrected chi connectivity index (χ0v) is 11.2.